The van der Waals surface area contributed by atoms with Crippen LogP contribution in [0.25, 0.3) is 0 Å². The van der Waals surface area contributed by atoms with E-state index in [4.69, 9.17) is 15.2 Å². The zero-order chi connectivity index (χ0) is 23.5. The lowest BCUT2D eigenvalue weighted by Crippen LogP contribution is -2.51. The fourth-order valence-electron chi connectivity index (χ4n) is 4.99. The molecule has 0 atom stereocenters. The van der Waals surface area contributed by atoms with Crippen LogP contribution in [0.5, 0.6) is 0 Å². The highest BCUT2D eigenvalue weighted by molar-refractivity contribution is 5.86. The van der Waals surface area contributed by atoms with Crippen LogP contribution in [-0.2, 0) is 25.5 Å². The molecule has 1 aromatic carbocycles. The Morgan fingerprint density at radius 1 is 1.06 bits per heavy atom. The number of carbonyl (C=O) groups is 3. The van der Waals surface area contributed by atoms with Crippen LogP contribution in [0.3, 0.4) is 0 Å². The second-order valence-electron chi connectivity index (χ2n) is 10.4. The summed E-state index contributed by atoms with van der Waals surface area (Å²) in [5, 5.41) is 2.98. The first-order valence-electron chi connectivity index (χ1n) is 11.5. The average molecular weight is 445 g/mol. The van der Waals surface area contributed by atoms with Gasteiger partial charge < -0.3 is 20.5 Å². The molecule has 0 saturated heterocycles. The summed E-state index contributed by atoms with van der Waals surface area (Å²) in [6.45, 7) is 5.59. The van der Waals surface area contributed by atoms with E-state index in [-0.39, 0.29) is 29.9 Å². The molecule has 176 valence electrons. The second kappa shape index (κ2) is 9.51. The van der Waals surface area contributed by atoms with Gasteiger partial charge in [0.2, 0.25) is 5.91 Å². The van der Waals surface area contributed by atoms with E-state index < -0.39 is 11.0 Å². The molecule has 7 nitrogen and oxygen atoms in total. The maximum absolute atomic E-state index is 12.1. The zero-order valence-corrected chi connectivity index (χ0v) is 19.6. The fourth-order valence-corrected chi connectivity index (χ4v) is 4.99. The number of nitrogens with one attached hydrogen (secondary N) is 1. The maximum atomic E-state index is 12.1. The molecule has 2 aliphatic carbocycles. The lowest BCUT2D eigenvalue weighted by Gasteiger charge is -2.44. The van der Waals surface area contributed by atoms with Gasteiger partial charge >= 0.3 is 12.1 Å². The molecular weight excluding hydrogens is 408 g/mol. The van der Waals surface area contributed by atoms with Crippen molar-refractivity contribution >= 4 is 18.0 Å². The van der Waals surface area contributed by atoms with Crippen molar-refractivity contribution in [3.8, 4) is 0 Å². The third kappa shape index (κ3) is 5.81. The second-order valence-corrected chi connectivity index (χ2v) is 10.4. The predicted molar refractivity (Wildman–Crippen MR) is 121 cm³/mol. The van der Waals surface area contributed by atoms with Crippen molar-refractivity contribution in [2.24, 2.45) is 17.1 Å². The molecule has 2 amide bonds. The van der Waals surface area contributed by atoms with Crippen molar-refractivity contribution in [2.75, 3.05) is 7.11 Å². The van der Waals surface area contributed by atoms with Crippen LogP contribution in [0.1, 0.15) is 76.3 Å². The van der Waals surface area contributed by atoms with Crippen LogP contribution >= 0.6 is 0 Å². The normalized spacial score (nSPS) is 27.7. The molecule has 7 heteroatoms. The summed E-state index contributed by atoms with van der Waals surface area (Å²) in [4.78, 5) is 35.8. The number of benzene rings is 1. The van der Waals surface area contributed by atoms with E-state index in [1.165, 1.54) is 12.7 Å². The van der Waals surface area contributed by atoms with Crippen molar-refractivity contribution in [1.29, 1.82) is 0 Å². The number of carbonyl (C=O) groups excluding carboxylic acids is 3. The quantitative estimate of drug-likeness (QED) is 0.648. The highest BCUT2D eigenvalue weighted by Gasteiger charge is 2.52. The topological polar surface area (TPSA) is 108 Å². The number of hydrogen-bond acceptors (Lipinski definition) is 5. The first-order valence-corrected chi connectivity index (χ1v) is 11.5. The van der Waals surface area contributed by atoms with Crippen molar-refractivity contribution in [3.63, 3.8) is 0 Å². The van der Waals surface area contributed by atoms with Crippen molar-refractivity contribution < 1.29 is 23.9 Å². The molecule has 2 fully saturated rings. The van der Waals surface area contributed by atoms with Crippen molar-refractivity contribution in [1.82, 2.24) is 5.32 Å². The zero-order valence-electron chi connectivity index (χ0n) is 19.6. The SMILES string of the molecule is COC(=O)C1CC(Cc2ccc(C3CCC(NC(=O)OC(C)(C)C)CC3)cc2)(C(N)=O)C1. The summed E-state index contributed by atoms with van der Waals surface area (Å²) in [5.41, 5.74) is 6.86. The van der Waals surface area contributed by atoms with Crippen LogP contribution < -0.4 is 11.1 Å². The van der Waals surface area contributed by atoms with Crippen LogP contribution in [0, 0.1) is 11.3 Å². The van der Waals surface area contributed by atoms with Gasteiger partial charge in [-0.2, -0.15) is 0 Å². The number of methoxy groups -OCH3 is 1. The van der Waals surface area contributed by atoms with E-state index in [9.17, 15) is 14.4 Å². The molecule has 0 unspecified atom stereocenters. The summed E-state index contributed by atoms with van der Waals surface area (Å²) in [7, 11) is 1.37. The van der Waals surface area contributed by atoms with E-state index in [0.717, 1.165) is 31.2 Å². The Morgan fingerprint density at radius 2 is 1.66 bits per heavy atom. The van der Waals surface area contributed by atoms with E-state index in [1.807, 2.05) is 20.8 Å². The van der Waals surface area contributed by atoms with Crippen LogP contribution in [0.15, 0.2) is 24.3 Å². The Kier molecular flexibility index (Phi) is 7.16. The van der Waals surface area contributed by atoms with Gasteiger partial charge in [0.25, 0.3) is 0 Å². The Bertz CT molecular complexity index is 829. The number of esters is 1. The minimum absolute atomic E-state index is 0.150. The number of rotatable bonds is 6. The number of hydrogen-bond donors (Lipinski definition) is 2. The Hall–Kier alpha value is -2.57. The molecule has 0 spiro atoms. The Balaban J connectivity index is 1.51. The van der Waals surface area contributed by atoms with Crippen LogP contribution in [0.4, 0.5) is 4.79 Å². The molecule has 0 radical (unpaired) electrons. The first-order chi connectivity index (χ1) is 15.0. The molecule has 2 saturated carbocycles. The summed E-state index contributed by atoms with van der Waals surface area (Å²) in [5.74, 6) is -0.402. The van der Waals surface area contributed by atoms with Gasteiger partial charge in [0.15, 0.2) is 0 Å². The molecule has 3 rings (SSSR count). The minimum Gasteiger partial charge on any atom is -0.469 e. The number of primary amides is 1. The molecule has 1 aromatic rings. The van der Waals surface area contributed by atoms with Crippen molar-refractivity contribution in [3.05, 3.63) is 35.4 Å². The van der Waals surface area contributed by atoms with Gasteiger partial charge in [0, 0.05) is 6.04 Å². The maximum Gasteiger partial charge on any atom is 0.407 e. The Labute approximate surface area is 190 Å². The number of amides is 2. The lowest BCUT2D eigenvalue weighted by atomic mass is 9.59. The Morgan fingerprint density at radius 3 is 2.16 bits per heavy atom. The predicted octanol–water partition coefficient (Wildman–Crippen LogP) is 3.83. The number of nitrogens with two attached hydrogens (primary N) is 1. The molecule has 0 aromatic heterocycles. The van der Waals surface area contributed by atoms with Gasteiger partial charge in [0.05, 0.1) is 18.4 Å². The van der Waals surface area contributed by atoms with Gasteiger partial charge in [-0.3, -0.25) is 9.59 Å². The molecular formula is C25H36N2O5. The van der Waals surface area contributed by atoms with E-state index in [0.29, 0.717) is 25.2 Å². The monoisotopic (exact) mass is 444 g/mol. The summed E-state index contributed by atoms with van der Waals surface area (Å²) in [6, 6.07) is 8.55. The third-order valence-electron chi connectivity index (χ3n) is 6.77. The van der Waals surface area contributed by atoms with E-state index in [1.54, 1.807) is 0 Å². The summed E-state index contributed by atoms with van der Waals surface area (Å²) >= 11 is 0. The first kappa shape index (κ1) is 24.1. The van der Waals surface area contributed by atoms with Gasteiger partial charge in [-0.15, -0.1) is 0 Å². The average Bonchev–Trinajstić information content (AvgIpc) is 2.69. The van der Waals surface area contributed by atoms with Crippen LogP contribution in [-0.4, -0.2) is 36.7 Å². The lowest BCUT2D eigenvalue weighted by molar-refractivity contribution is -0.157. The largest absolute Gasteiger partial charge is 0.469 e. The molecule has 0 aliphatic heterocycles. The molecule has 3 N–H and O–H groups in total. The standard InChI is InChI=1S/C25H36N2O5/c1-24(2,3)32-23(30)27-20-11-9-18(10-12-20)17-7-5-16(6-8-17)13-25(22(26)29)14-19(15-25)21(28)31-4/h5-8,18-20H,9-15H2,1-4H3,(H2,26,29)(H,27,30). The molecule has 2 aliphatic rings. The van der Waals surface area contributed by atoms with Crippen LogP contribution in [0.2, 0.25) is 0 Å². The van der Waals surface area contributed by atoms with Gasteiger partial charge in [-0.25, -0.2) is 4.79 Å². The smallest absolute Gasteiger partial charge is 0.407 e. The summed E-state index contributed by atoms with van der Waals surface area (Å²) < 4.78 is 10.1. The van der Waals surface area contributed by atoms with Gasteiger partial charge in [0.1, 0.15) is 5.60 Å². The highest BCUT2D eigenvalue weighted by atomic mass is 16.6. The molecule has 32 heavy (non-hydrogen) atoms. The van der Waals surface area contributed by atoms with E-state index in [2.05, 4.69) is 29.6 Å². The molecule has 0 bridgehead atoms. The molecule has 0 heterocycles. The van der Waals surface area contributed by atoms with Gasteiger partial charge in [-0.1, -0.05) is 24.3 Å². The van der Waals surface area contributed by atoms with E-state index >= 15 is 0 Å². The number of ether oxygens (including phenoxy) is 2. The summed E-state index contributed by atoms with van der Waals surface area (Å²) in [6.07, 6.45) is 4.95. The highest BCUT2D eigenvalue weighted by Crippen LogP contribution is 2.48. The van der Waals surface area contributed by atoms with Crippen molar-refractivity contribution in [2.45, 2.75) is 83.3 Å². The van der Waals surface area contributed by atoms with Gasteiger partial charge in [-0.05, 0) is 82.8 Å². The third-order valence-corrected chi connectivity index (χ3v) is 6.77. The number of alkyl carbamates (subject to hydrolysis) is 1. The minimum atomic E-state index is -0.661. The fraction of sp³-hybridized carbons (Fsp3) is 0.640.